The summed E-state index contributed by atoms with van der Waals surface area (Å²) in [5.41, 5.74) is 0. The third kappa shape index (κ3) is 3.37. The van der Waals surface area contributed by atoms with Crippen molar-refractivity contribution in [3.8, 4) is 0 Å². The highest BCUT2D eigenvalue weighted by molar-refractivity contribution is 9.10. The molecule has 2 rings (SSSR count). The Morgan fingerprint density at radius 1 is 1.50 bits per heavy atom. The number of imidazole rings is 1. The number of nitrogens with one attached hydrogen (secondary N) is 1. The monoisotopic (exact) mass is 325 g/mol. The predicted octanol–water partition coefficient (Wildman–Crippen LogP) is 3.24. The van der Waals surface area contributed by atoms with E-state index < -0.39 is 0 Å². The van der Waals surface area contributed by atoms with Crippen molar-refractivity contribution in [1.29, 1.82) is 0 Å². The zero-order valence-corrected chi connectivity index (χ0v) is 12.8. The van der Waals surface area contributed by atoms with E-state index in [0.29, 0.717) is 0 Å². The lowest BCUT2D eigenvalue weighted by Crippen LogP contribution is -2.22. The van der Waals surface area contributed by atoms with Crippen LogP contribution in [-0.2, 0) is 7.05 Å². The summed E-state index contributed by atoms with van der Waals surface area (Å²) >= 11 is 5.32. The van der Waals surface area contributed by atoms with Crippen LogP contribution in [0, 0.1) is 0 Å². The zero-order valence-electron chi connectivity index (χ0n) is 10.4. The smallest absolute Gasteiger partial charge is 0.126 e. The molecule has 0 aliphatic heterocycles. The summed E-state index contributed by atoms with van der Waals surface area (Å²) in [6, 6.07) is 8.62. The summed E-state index contributed by atoms with van der Waals surface area (Å²) in [5.74, 6) is 2.03. The van der Waals surface area contributed by atoms with Crippen LogP contribution >= 0.6 is 27.7 Å². The van der Waals surface area contributed by atoms with Crippen LogP contribution in [0.15, 0.2) is 46.0 Å². The number of hydrogen-bond donors (Lipinski definition) is 1. The Hall–Kier alpha value is -0.780. The Bertz CT molecular complexity index is 512. The Labute approximate surface area is 120 Å². The highest BCUT2D eigenvalue weighted by atomic mass is 79.9. The summed E-state index contributed by atoms with van der Waals surface area (Å²) in [7, 11) is 4.00. The zero-order chi connectivity index (χ0) is 13.0. The van der Waals surface area contributed by atoms with E-state index in [1.807, 2.05) is 44.3 Å². The van der Waals surface area contributed by atoms with Crippen LogP contribution in [0.2, 0.25) is 0 Å². The normalized spacial score (nSPS) is 12.6. The maximum Gasteiger partial charge on any atom is 0.126 e. The van der Waals surface area contributed by atoms with Crippen molar-refractivity contribution in [2.75, 3.05) is 12.8 Å². The maximum atomic E-state index is 4.39. The highest BCUT2D eigenvalue weighted by Crippen LogP contribution is 2.25. The van der Waals surface area contributed by atoms with Crippen LogP contribution in [-0.4, -0.2) is 22.4 Å². The van der Waals surface area contributed by atoms with E-state index in [1.54, 1.807) is 0 Å². The Morgan fingerprint density at radius 2 is 2.33 bits per heavy atom. The van der Waals surface area contributed by atoms with Crippen LogP contribution < -0.4 is 5.32 Å². The molecule has 0 spiro atoms. The van der Waals surface area contributed by atoms with Crippen LogP contribution in [0.3, 0.4) is 0 Å². The van der Waals surface area contributed by atoms with E-state index in [4.69, 9.17) is 0 Å². The fourth-order valence-corrected chi connectivity index (χ4v) is 3.35. The molecular formula is C13H16BrN3S. The van der Waals surface area contributed by atoms with E-state index >= 15 is 0 Å². The highest BCUT2D eigenvalue weighted by Gasteiger charge is 2.13. The van der Waals surface area contributed by atoms with Gasteiger partial charge in [-0.1, -0.05) is 22.0 Å². The number of thioether (sulfide) groups is 1. The van der Waals surface area contributed by atoms with Gasteiger partial charge in [0.05, 0.1) is 6.04 Å². The number of aromatic nitrogens is 2. The third-order valence-electron chi connectivity index (χ3n) is 2.73. The number of benzene rings is 1. The average Bonchev–Trinajstić information content (AvgIpc) is 2.77. The SMILES string of the molecule is CNC(CSc1cccc(Br)c1)c1nccn1C. The van der Waals surface area contributed by atoms with Crippen molar-refractivity contribution in [1.82, 2.24) is 14.9 Å². The molecule has 1 atom stereocenters. The number of hydrogen-bond acceptors (Lipinski definition) is 3. The van der Waals surface area contributed by atoms with Gasteiger partial charge in [-0.25, -0.2) is 4.98 Å². The van der Waals surface area contributed by atoms with Gasteiger partial charge >= 0.3 is 0 Å². The number of halogens is 1. The number of aryl methyl sites for hydroxylation is 1. The topological polar surface area (TPSA) is 29.9 Å². The first-order valence-electron chi connectivity index (χ1n) is 5.73. The van der Waals surface area contributed by atoms with Gasteiger partial charge in [-0.3, -0.25) is 0 Å². The minimum absolute atomic E-state index is 0.258. The molecule has 1 heterocycles. The van der Waals surface area contributed by atoms with E-state index in [0.717, 1.165) is 16.0 Å². The lowest BCUT2D eigenvalue weighted by molar-refractivity contribution is 0.593. The third-order valence-corrected chi connectivity index (χ3v) is 4.31. The molecule has 0 amide bonds. The van der Waals surface area contributed by atoms with Gasteiger partial charge < -0.3 is 9.88 Å². The molecule has 0 radical (unpaired) electrons. The standard InChI is InChI=1S/C13H16BrN3S/c1-15-12(13-16-6-7-17(13)2)9-18-11-5-3-4-10(14)8-11/h3-8,12,15H,9H2,1-2H3. The molecule has 0 fully saturated rings. The second-order valence-corrected chi connectivity index (χ2v) is 6.02. The molecule has 18 heavy (non-hydrogen) atoms. The van der Waals surface area contributed by atoms with Crippen LogP contribution in [0.4, 0.5) is 0 Å². The van der Waals surface area contributed by atoms with Crippen molar-refractivity contribution >= 4 is 27.7 Å². The van der Waals surface area contributed by atoms with Gasteiger partial charge in [-0.2, -0.15) is 0 Å². The van der Waals surface area contributed by atoms with Gasteiger partial charge in [0.15, 0.2) is 0 Å². The van der Waals surface area contributed by atoms with Gasteiger partial charge in [-0.05, 0) is 25.2 Å². The Morgan fingerprint density at radius 3 is 2.94 bits per heavy atom. The molecule has 1 aromatic carbocycles. The largest absolute Gasteiger partial charge is 0.337 e. The number of nitrogens with zero attached hydrogens (tertiary/aromatic N) is 2. The van der Waals surface area contributed by atoms with E-state index in [-0.39, 0.29) is 6.04 Å². The van der Waals surface area contributed by atoms with Crippen molar-refractivity contribution in [2.24, 2.45) is 7.05 Å². The molecule has 0 bridgehead atoms. The fourth-order valence-electron chi connectivity index (χ4n) is 1.74. The van der Waals surface area contributed by atoms with Crippen LogP contribution in [0.1, 0.15) is 11.9 Å². The lowest BCUT2D eigenvalue weighted by atomic mass is 10.3. The molecular weight excluding hydrogens is 310 g/mol. The summed E-state index contributed by atoms with van der Waals surface area (Å²) in [5, 5.41) is 3.31. The Kier molecular flexibility index (Phi) is 4.86. The van der Waals surface area contributed by atoms with Gasteiger partial charge in [0.25, 0.3) is 0 Å². The summed E-state index contributed by atoms with van der Waals surface area (Å²) in [4.78, 5) is 5.66. The summed E-state index contributed by atoms with van der Waals surface area (Å²) in [6.45, 7) is 0. The van der Waals surface area contributed by atoms with Gasteiger partial charge in [-0.15, -0.1) is 11.8 Å². The molecule has 96 valence electrons. The van der Waals surface area contributed by atoms with Crippen molar-refractivity contribution in [3.63, 3.8) is 0 Å². The van der Waals surface area contributed by atoms with Crippen molar-refractivity contribution in [3.05, 3.63) is 47.0 Å². The first-order valence-corrected chi connectivity index (χ1v) is 7.51. The fraction of sp³-hybridized carbons (Fsp3) is 0.308. The van der Waals surface area contributed by atoms with E-state index in [2.05, 4.69) is 49.0 Å². The molecule has 0 aliphatic rings. The first kappa shape index (κ1) is 13.6. The second-order valence-electron chi connectivity index (χ2n) is 4.01. The van der Waals surface area contributed by atoms with Crippen molar-refractivity contribution < 1.29 is 0 Å². The molecule has 2 aromatic rings. The quantitative estimate of drug-likeness (QED) is 0.856. The minimum Gasteiger partial charge on any atom is -0.337 e. The predicted molar refractivity (Wildman–Crippen MR) is 79.9 cm³/mol. The summed E-state index contributed by atoms with van der Waals surface area (Å²) < 4.78 is 3.17. The van der Waals surface area contributed by atoms with E-state index in [9.17, 15) is 0 Å². The van der Waals surface area contributed by atoms with Gasteiger partial charge in [0.2, 0.25) is 0 Å². The molecule has 0 aliphatic carbocycles. The number of rotatable bonds is 5. The second kappa shape index (κ2) is 6.41. The molecule has 1 unspecified atom stereocenters. The van der Waals surface area contributed by atoms with Crippen LogP contribution in [0.25, 0.3) is 0 Å². The van der Waals surface area contributed by atoms with E-state index in [1.165, 1.54) is 4.90 Å². The first-order chi connectivity index (χ1) is 8.70. The molecule has 1 aromatic heterocycles. The Balaban J connectivity index is 2.02. The average molecular weight is 326 g/mol. The molecule has 5 heteroatoms. The maximum absolute atomic E-state index is 4.39. The molecule has 0 saturated heterocycles. The minimum atomic E-state index is 0.258. The molecule has 1 N–H and O–H groups in total. The molecule has 3 nitrogen and oxygen atoms in total. The summed E-state index contributed by atoms with van der Waals surface area (Å²) in [6.07, 6.45) is 3.81. The van der Waals surface area contributed by atoms with Crippen LogP contribution in [0.5, 0.6) is 0 Å². The molecule has 0 saturated carbocycles. The van der Waals surface area contributed by atoms with Crippen molar-refractivity contribution in [2.45, 2.75) is 10.9 Å². The lowest BCUT2D eigenvalue weighted by Gasteiger charge is -2.15. The van der Waals surface area contributed by atoms with Gasteiger partial charge in [0, 0.05) is 34.6 Å². The van der Waals surface area contributed by atoms with Gasteiger partial charge in [0.1, 0.15) is 5.82 Å².